The molecule has 1 amide bonds. The fourth-order valence-electron chi connectivity index (χ4n) is 1.16. The van der Waals surface area contributed by atoms with Crippen molar-refractivity contribution < 1.29 is 13.6 Å². The Morgan fingerprint density at radius 3 is 2.56 bits per heavy atom. The first kappa shape index (κ1) is 10.7. The van der Waals surface area contributed by atoms with Crippen molar-refractivity contribution in [3.63, 3.8) is 0 Å². The molecule has 0 atom stereocenters. The quantitative estimate of drug-likeness (QED) is 0.876. The summed E-state index contributed by atoms with van der Waals surface area (Å²) >= 11 is 1.17. The van der Waals surface area contributed by atoms with E-state index >= 15 is 0 Å². The molecule has 0 saturated carbocycles. The number of halogens is 2. The maximum absolute atomic E-state index is 13.2. The van der Waals surface area contributed by atoms with Gasteiger partial charge in [0.25, 0.3) is 5.91 Å². The molecule has 1 heterocycles. The Labute approximate surface area is 93.8 Å². The topological polar surface area (TPSA) is 42.0 Å². The van der Waals surface area contributed by atoms with Crippen LogP contribution in [0.15, 0.2) is 29.8 Å². The highest BCUT2D eigenvalue weighted by molar-refractivity contribution is 7.13. The van der Waals surface area contributed by atoms with E-state index < -0.39 is 23.1 Å². The Hall–Kier alpha value is -1.82. The molecule has 0 aliphatic carbocycles. The molecule has 0 bridgehead atoms. The second kappa shape index (κ2) is 4.36. The number of nitrogens with one attached hydrogen (secondary N) is 1. The fraction of sp³-hybridized carbons (Fsp3) is 0. The van der Waals surface area contributed by atoms with E-state index in [-0.39, 0.29) is 0 Å². The van der Waals surface area contributed by atoms with Crippen LogP contribution in [0, 0.1) is 11.6 Å². The molecule has 16 heavy (non-hydrogen) atoms. The van der Waals surface area contributed by atoms with Gasteiger partial charge in [0, 0.05) is 11.6 Å². The van der Waals surface area contributed by atoms with Gasteiger partial charge in [0.1, 0.15) is 17.2 Å². The number of aromatic nitrogens is 1. The number of benzene rings is 1. The third-order valence-electron chi connectivity index (χ3n) is 1.84. The lowest BCUT2D eigenvalue weighted by molar-refractivity contribution is 0.101. The summed E-state index contributed by atoms with van der Waals surface area (Å²) in [7, 11) is 0. The highest BCUT2D eigenvalue weighted by Crippen LogP contribution is 2.16. The Morgan fingerprint density at radius 2 is 2.00 bits per heavy atom. The number of carbonyl (C=O) groups excluding carboxylic acids is 1. The third-order valence-corrected chi connectivity index (χ3v) is 2.53. The molecule has 1 aromatic carbocycles. The van der Waals surface area contributed by atoms with Crippen LogP contribution in [0.1, 0.15) is 10.4 Å². The van der Waals surface area contributed by atoms with E-state index in [1.807, 2.05) is 0 Å². The first-order valence-electron chi connectivity index (χ1n) is 4.33. The molecule has 0 radical (unpaired) electrons. The van der Waals surface area contributed by atoms with Crippen LogP contribution in [0.5, 0.6) is 0 Å². The summed E-state index contributed by atoms with van der Waals surface area (Å²) in [6.45, 7) is 0. The molecule has 1 aromatic heterocycles. The summed E-state index contributed by atoms with van der Waals surface area (Å²) in [6, 6.07) is 3.25. The Kier molecular flexibility index (Phi) is 2.91. The zero-order valence-electron chi connectivity index (χ0n) is 7.91. The van der Waals surface area contributed by atoms with Crippen LogP contribution >= 0.6 is 11.3 Å². The van der Waals surface area contributed by atoms with Gasteiger partial charge < -0.3 is 0 Å². The van der Waals surface area contributed by atoms with E-state index in [9.17, 15) is 13.6 Å². The van der Waals surface area contributed by atoms with Crippen LogP contribution in [-0.4, -0.2) is 10.9 Å². The van der Waals surface area contributed by atoms with Gasteiger partial charge in [-0.1, -0.05) is 6.07 Å². The summed E-state index contributed by atoms with van der Waals surface area (Å²) in [5, 5.41) is 4.25. The molecule has 0 aliphatic heterocycles. The van der Waals surface area contributed by atoms with E-state index in [1.54, 1.807) is 5.38 Å². The average Bonchev–Trinajstić information content (AvgIpc) is 2.70. The van der Waals surface area contributed by atoms with Crippen LogP contribution in [0.4, 0.5) is 13.9 Å². The van der Waals surface area contributed by atoms with Crippen molar-refractivity contribution in [1.29, 1.82) is 0 Å². The number of rotatable bonds is 2. The van der Waals surface area contributed by atoms with Crippen molar-refractivity contribution in [1.82, 2.24) is 4.98 Å². The lowest BCUT2D eigenvalue weighted by Crippen LogP contribution is -2.15. The van der Waals surface area contributed by atoms with Gasteiger partial charge in [-0.3, -0.25) is 10.1 Å². The van der Waals surface area contributed by atoms with Gasteiger partial charge >= 0.3 is 0 Å². The second-order valence-corrected chi connectivity index (χ2v) is 3.78. The molecular weight excluding hydrogens is 234 g/mol. The number of hydrogen-bond donors (Lipinski definition) is 1. The Bertz CT molecular complexity index is 493. The fourth-order valence-corrected chi connectivity index (χ4v) is 1.68. The number of hydrogen-bond acceptors (Lipinski definition) is 3. The number of thiazole rings is 1. The molecule has 0 saturated heterocycles. The monoisotopic (exact) mass is 240 g/mol. The van der Waals surface area contributed by atoms with Gasteiger partial charge in [0.05, 0.1) is 0 Å². The molecular formula is C10H6F2N2OS. The maximum Gasteiger partial charge on any atom is 0.263 e. The SMILES string of the molecule is O=C(Nc1nccs1)c1c(F)cccc1F. The number of carbonyl (C=O) groups is 1. The predicted octanol–water partition coefficient (Wildman–Crippen LogP) is 2.67. The molecule has 6 heteroatoms. The minimum atomic E-state index is -0.894. The zero-order chi connectivity index (χ0) is 11.5. The van der Waals surface area contributed by atoms with E-state index in [2.05, 4.69) is 10.3 Å². The van der Waals surface area contributed by atoms with Crippen molar-refractivity contribution in [3.05, 3.63) is 47.0 Å². The smallest absolute Gasteiger partial charge is 0.263 e. The number of amides is 1. The number of anilines is 1. The van der Waals surface area contributed by atoms with Crippen LogP contribution in [0.25, 0.3) is 0 Å². The van der Waals surface area contributed by atoms with Crippen LogP contribution < -0.4 is 5.32 Å². The van der Waals surface area contributed by atoms with Crippen molar-refractivity contribution in [2.45, 2.75) is 0 Å². The highest BCUT2D eigenvalue weighted by Gasteiger charge is 2.17. The summed E-state index contributed by atoms with van der Waals surface area (Å²) in [5.74, 6) is -2.63. The summed E-state index contributed by atoms with van der Waals surface area (Å²) in [4.78, 5) is 15.3. The average molecular weight is 240 g/mol. The molecule has 1 N–H and O–H groups in total. The summed E-state index contributed by atoms with van der Waals surface area (Å²) in [6.07, 6.45) is 1.48. The highest BCUT2D eigenvalue weighted by atomic mass is 32.1. The van der Waals surface area contributed by atoms with Gasteiger partial charge in [-0.25, -0.2) is 13.8 Å². The zero-order valence-corrected chi connectivity index (χ0v) is 8.72. The standard InChI is InChI=1S/C10H6F2N2OS/c11-6-2-1-3-7(12)8(6)9(15)14-10-13-4-5-16-10/h1-5H,(H,13,14,15). The van der Waals surface area contributed by atoms with Gasteiger partial charge in [0.15, 0.2) is 5.13 Å². The van der Waals surface area contributed by atoms with Gasteiger partial charge in [-0.2, -0.15) is 0 Å². The first-order chi connectivity index (χ1) is 7.68. The summed E-state index contributed by atoms with van der Waals surface area (Å²) in [5.41, 5.74) is -0.599. The molecule has 2 aromatic rings. The molecule has 82 valence electrons. The minimum absolute atomic E-state index is 0.299. The largest absolute Gasteiger partial charge is 0.298 e. The van der Waals surface area contributed by atoms with Crippen molar-refractivity contribution in [2.24, 2.45) is 0 Å². The minimum Gasteiger partial charge on any atom is -0.298 e. The Morgan fingerprint density at radius 1 is 1.31 bits per heavy atom. The van der Waals surface area contributed by atoms with E-state index in [0.29, 0.717) is 5.13 Å². The maximum atomic E-state index is 13.2. The van der Waals surface area contributed by atoms with E-state index in [0.717, 1.165) is 12.1 Å². The van der Waals surface area contributed by atoms with E-state index in [1.165, 1.54) is 23.6 Å². The van der Waals surface area contributed by atoms with Gasteiger partial charge in [-0.15, -0.1) is 11.3 Å². The van der Waals surface area contributed by atoms with Crippen molar-refractivity contribution in [3.8, 4) is 0 Å². The molecule has 0 spiro atoms. The lowest BCUT2D eigenvalue weighted by atomic mass is 10.2. The van der Waals surface area contributed by atoms with Gasteiger partial charge in [-0.05, 0) is 12.1 Å². The second-order valence-electron chi connectivity index (χ2n) is 2.89. The molecule has 0 unspecified atom stereocenters. The molecule has 0 fully saturated rings. The van der Waals surface area contributed by atoms with Crippen molar-refractivity contribution in [2.75, 3.05) is 5.32 Å². The molecule has 2 rings (SSSR count). The Balaban J connectivity index is 2.28. The third kappa shape index (κ3) is 2.06. The summed E-state index contributed by atoms with van der Waals surface area (Å²) < 4.78 is 26.4. The van der Waals surface area contributed by atoms with Crippen molar-refractivity contribution >= 4 is 22.4 Å². The number of nitrogens with zero attached hydrogens (tertiary/aromatic N) is 1. The predicted molar refractivity (Wildman–Crippen MR) is 56.4 cm³/mol. The van der Waals surface area contributed by atoms with Crippen LogP contribution in [0.2, 0.25) is 0 Å². The normalized spacial score (nSPS) is 10.1. The molecule has 3 nitrogen and oxygen atoms in total. The first-order valence-corrected chi connectivity index (χ1v) is 5.21. The molecule has 0 aliphatic rings. The van der Waals surface area contributed by atoms with E-state index in [4.69, 9.17) is 0 Å². The van der Waals surface area contributed by atoms with Crippen LogP contribution in [0.3, 0.4) is 0 Å². The van der Waals surface area contributed by atoms with Gasteiger partial charge in [0.2, 0.25) is 0 Å². The van der Waals surface area contributed by atoms with Crippen LogP contribution in [-0.2, 0) is 0 Å². The lowest BCUT2D eigenvalue weighted by Gasteiger charge is -2.03.